The van der Waals surface area contributed by atoms with E-state index < -0.39 is 6.10 Å². The van der Waals surface area contributed by atoms with Crippen molar-refractivity contribution in [3.63, 3.8) is 0 Å². The van der Waals surface area contributed by atoms with E-state index in [1.54, 1.807) is 30.5 Å². The summed E-state index contributed by atoms with van der Waals surface area (Å²) in [4.78, 5) is 18.3. The molecule has 0 bridgehead atoms. The molecule has 0 aliphatic rings. The Morgan fingerprint density at radius 2 is 2.21 bits per heavy atom. The number of pyridine rings is 1. The van der Waals surface area contributed by atoms with Crippen molar-refractivity contribution in [2.45, 2.75) is 32.9 Å². The third-order valence-electron chi connectivity index (χ3n) is 3.63. The second kappa shape index (κ2) is 6.70. The summed E-state index contributed by atoms with van der Waals surface area (Å²) in [6.45, 7) is 5.89. The number of hydrogen-bond acceptors (Lipinski definition) is 5. The van der Waals surface area contributed by atoms with Crippen molar-refractivity contribution in [3.05, 3.63) is 35.3 Å². The van der Waals surface area contributed by atoms with Crippen molar-refractivity contribution in [1.82, 2.24) is 20.1 Å². The molecule has 3 aromatic rings. The highest BCUT2D eigenvalue weighted by Gasteiger charge is 2.18. The molecule has 0 radical (unpaired) electrons. The minimum absolute atomic E-state index is 0.141. The largest absolute Gasteiger partial charge is 0.392 e. The molecule has 6 nitrogen and oxygen atoms in total. The van der Waals surface area contributed by atoms with Gasteiger partial charge in [-0.25, -0.2) is 9.67 Å². The summed E-state index contributed by atoms with van der Waals surface area (Å²) in [5.41, 5.74) is 1.97. The number of aliphatic hydroxyl groups is 1. The third-order valence-corrected chi connectivity index (χ3v) is 4.52. The molecular formula is C17H20N4O2S. The maximum atomic E-state index is 12.6. The van der Waals surface area contributed by atoms with Gasteiger partial charge in [0.15, 0.2) is 5.65 Å². The quantitative estimate of drug-likeness (QED) is 0.746. The van der Waals surface area contributed by atoms with E-state index in [2.05, 4.69) is 10.4 Å². The van der Waals surface area contributed by atoms with E-state index in [4.69, 9.17) is 4.98 Å². The van der Waals surface area contributed by atoms with Gasteiger partial charge >= 0.3 is 0 Å². The van der Waals surface area contributed by atoms with Crippen molar-refractivity contribution in [2.75, 3.05) is 6.54 Å². The molecule has 1 unspecified atom stereocenters. The highest BCUT2D eigenvalue weighted by molar-refractivity contribution is 7.13. The zero-order chi connectivity index (χ0) is 17.3. The van der Waals surface area contributed by atoms with Crippen LogP contribution in [-0.2, 0) is 0 Å². The van der Waals surface area contributed by atoms with Gasteiger partial charge in [-0.2, -0.15) is 5.10 Å². The molecule has 0 saturated carbocycles. The van der Waals surface area contributed by atoms with Gasteiger partial charge in [0.1, 0.15) is 0 Å². The summed E-state index contributed by atoms with van der Waals surface area (Å²) in [5.74, 6) is -0.232. The first-order valence-corrected chi connectivity index (χ1v) is 8.73. The minimum atomic E-state index is -0.596. The van der Waals surface area contributed by atoms with Crippen LogP contribution in [0.4, 0.5) is 0 Å². The van der Waals surface area contributed by atoms with Gasteiger partial charge in [-0.05, 0) is 38.3 Å². The molecule has 2 N–H and O–H groups in total. The Morgan fingerprint density at radius 3 is 2.83 bits per heavy atom. The smallest absolute Gasteiger partial charge is 0.252 e. The third kappa shape index (κ3) is 3.18. The highest BCUT2D eigenvalue weighted by Crippen LogP contribution is 2.28. The van der Waals surface area contributed by atoms with E-state index >= 15 is 0 Å². The number of carbonyl (C=O) groups excluding carboxylic acids is 1. The zero-order valence-corrected chi connectivity index (χ0v) is 14.7. The topological polar surface area (TPSA) is 80.0 Å². The van der Waals surface area contributed by atoms with Crippen LogP contribution in [0.15, 0.2) is 29.8 Å². The fraction of sp³-hybridized carbons (Fsp3) is 0.353. The molecule has 0 aliphatic carbocycles. The van der Waals surface area contributed by atoms with Gasteiger partial charge in [0.2, 0.25) is 0 Å². The molecule has 3 aromatic heterocycles. The zero-order valence-electron chi connectivity index (χ0n) is 13.9. The van der Waals surface area contributed by atoms with Gasteiger partial charge in [-0.3, -0.25) is 4.79 Å². The Hall–Kier alpha value is -2.25. The van der Waals surface area contributed by atoms with Crippen LogP contribution >= 0.6 is 11.3 Å². The fourth-order valence-corrected chi connectivity index (χ4v) is 3.16. The molecule has 0 spiro atoms. The number of nitrogens with zero attached hydrogens (tertiary/aromatic N) is 3. The molecule has 0 saturated heterocycles. The first-order chi connectivity index (χ1) is 11.5. The predicted molar refractivity (Wildman–Crippen MR) is 95.2 cm³/mol. The van der Waals surface area contributed by atoms with Gasteiger partial charge < -0.3 is 10.4 Å². The van der Waals surface area contributed by atoms with Crippen molar-refractivity contribution in [1.29, 1.82) is 0 Å². The van der Waals surface area contributed by atoms with Gasteiger partial charge in [0.25, 0.3) is 5.91 Å². The van der Waals surface area contributed by atoms with Crippen LogP contribution in [0.25, 0.3) is 21.6 Å². The predicted octanol–water partition coefficient (Wildman–Crippen LogP) is 2.85. The van der Waals surface area contributed by atoms with E-state index in [0.717, 1.165) is 10.6 Å². The van der Waals surface area contributed by atoms with E-state index in [9.17, 15) is 9.90 Å². The summed E-state index contributed by atoms with van der Waals surface area (Å²) in [7, 11) is 0. The van der Waals surface area contributed by atoms with Crippen LogP contribution in [0.1, 0.15) is 37.2 Å². The maximum Gasteiger partial charge on any atom is 0.252 e. The Labute approximate surface area is 144 Å². The average molecular weight is 344 g/mol. The first kappa shape index (κ1) is 16.6. The molecule has 7 heteroatoms. The second-order valence-corrected chi connectivity index (χ2v) is 6.96. The van der Waals surface area contributed by atoms with Crippen molar-refractivity contribution < 1.29 is 9.90 Å². The highest BCUT2D eigenvalue weighted by atomic mass is 32.1. The van der Waals surface area contributed by atoms with Gasteiger partial charge in [0, 0.05) is 12.6 Å². The molecule has 0 fully saturated rings. The summed E-state index contributed by atoms with van der Waals surface area (Å²) in [6, 6.07) is 5.87. The van der Waals surface area contributed by atoms with Gasteiger partial charge in [-0.15, -0.1) is 11.3 Å². The number of hydrogen-bond donors (Lipinski definition) is 2. The van der Waals surface area contributed by atoms with Gasteiger partial charge in [0.05, 0.1) is 33.8 Å². The lowest BCUT2D eigenvalue weighted by Gasteiger charge is -2.11. The normalized spacial score (nSPS) is 12.7. The Balaban J connectivity index is 2.14. The summed E-state index contributed by atoms with van der Waals surface area (Å²) in [6.07, 6.45) is 1.08. The summed E-state index contributed by atoms with van der Waals surface area (Å²) >= 11 is 1.58. The van der Waals surface area contributed by atoms with Crippen molar-refractivity contribution in [2.24, 2.45) is 0 Å². The number of thiophene rings is 1. The number of aromatic nitrogens is 3. The fourth-order valence-electron chi connectivity index (χ4n) is 2.47. The molecule has 0 aromatic carbocycles. The van der Waals surface area contributed by atoms with E-state index in [1.165, 1.54) is 0 Å². The lowest BCUT2D eigenvalue weighted by atomic mass is 10.1. The van der Waals surface area contributed by atoms with Crippen LogP contribution in [0.2, 0.25) is 0 Å². The monoisotopic (exact) mass is 344 g/mol. The Kier molecular flexibility index (Phi) is 4.64. The number of carbonyl (C=O) groups is 1. The van der Waals surface area contributed by atoms with Crippen LogP contribution in [0.3, 0.4) is 0 Å². The number of fused-ring (bicyclic) bond motifs is 1. The van der Waals surface area contributed by atoms with Crippen LogP contribution < -0.4 is 5.32 Å². The molecule has 3 rings (SSSR count). The van der Waals surface area contributed by atoms with Crippen molar-refractivity contribution in [3.8, 4) is 10.6 Å². The van der Waals surface area contributed by atoms with Crippen molar-refractivity contribution >= 4 is 28.3 Å². The SMILES string of the molecule is CC(O)CNC(=O)c1cc(-c2cccs2)nc2c1cnn2C(C)C. The number of rotatable bonds is 5. The molecule has 3 heterocycles. The van der Waals surface area contributed by atoms with Crippen LogP contribution in [0.5, 0.6) is 0 Å². The molecule has 24 heavy (non-hydrogen) atoms. The van der Waals surface area contributed by atoms with E-state index in [1.807, 2.05) is 36.0 Å². The Bertz CT molecular complexity index is 853. The lowest BCUT2D eigenvalue weighted by molar-refractivity contribution is 0.0925. The second-order valence-electron chi connectivity index (χ2n) is 6.01. The van der Waals surface area contributed by atoms with Crippen LogP contribution in [-0.4, -0.2) is 38.4 Å². The standard InChI is InChI=1S/C17H20N4O2S/c1-10(2)21-16-13(9-19-21)12(17(23)18-8-11(3)22)7-14(20-16)15-5-4-6-24-15/h4-7,9-11,22H,8H2,1-3H3,(H,18,23). The maximum absolute atomic E-state index is 12.6. The first-order valence-electron chi connectivity index (χ1n) is 7.85. The lowest BCUT2D eigenvalue weighted by Crippen LogP contribution is -2.30. The Morgan fingerprint density at radius 1 is 1.42 bits per heavy atom. The summed E-state index contributed by atoms with van der Waals surface area (Å²) < 4.78 is 1.82. The number of amides is 1. The molecule has 126 valence electrons. The minimum Gasteiger partial charge on any atom is -0.392 e. The molecule has 0 aliphatic heterocycles. The molecule has 1 amide bonds. The molecule has 1 atom stereocenters. The average Bonchev–Trinajstić information content (AvgIpc) is 3.20. The van der Waals surface area contributed by atoms with E-state index in [-0.39, 0.29) is 18.5 Å². The van der Waals surface area contributed by atoms with Crippen LogP contribution in [0, 0.1) is 0 Å². The number of aliphatic hydroxyl groups excluding tert-OH is 1. The molecular weight excluding hydrogens is 324 g/mol. The summed E-state index contributed by atoms with van der Waals surface area (Å²) in [5, 5.41) is 19.2. The van der Waals surface area contributed by atoms with Gasteiger partial charge in [-0.1, -0.05) is 6.07 Å². The number of nitrogens with one attached hydrogen (secondary N) is 1. The van der Waals surface area contributed by atoms with E-state index in [0.29, 0.717) is 16.6 Å².